The Balaban J connectivity index is 1.46. The number of rotatable bonds is 5. The molecule has 0 unspecified atom stereocenters. The van der Waals surface area contributed by atoms with Crippen molar-refractivity contribution in [2.24, 2.45) is 11.7 Å². The van der Waals surface area contributed by atoms with Crippen LogP contribution in [0.3, 0.4) is 0 Å². The third kappa shape index (κ3) is 7.18. The van der Waals surface area contributed by atoms with Gasteiger partial charge >= 0.3 is 0 Å². The van der Waals surface area contributed by atoms with Crippen LogP contribution in [-0.2, 0) is 17.8 Å². The highest BCUT2D eigenvalue weighted by molar-refractivity contribution is 7.09. The van der Waals surface area contributed by atoms with E-state index in [0.29, 0.717) is 11.4 Å². The average molecular weight is 621 g/mol. The highest BCUT2D eigenvalue weighted by atomic mass is 32.1. The largest absolute Gasteiger partial charge is 0.447 e. The van der Waals surface area contributed by atoms with Crippen LogP contribution in [0.25, 0.3) is 0 Å². The number of oxazole rings is 2. The van der Waals surface area contributed by atoms with Crippen molar-refractivity contribution in [2.45, 2.75) is 38.9 Å². The molecule has 0 radical (unpaired) electrons. The maximum absolute atomic E-state index is 13.4. The molecule has 5 rings (SSSR count). The zero-order chi connectivity index (χ0) is 31.2. The van der Waals surface area contributed by atoms with Crippen LogP contribution in [0.5, 0.6) is 0 Å². The van der Waals surface area contributed by atoms with E-state index in [1.807, 2.05) is 44.2 Å². The van der Waals surface area contributed by atoms with Gasteiger partial charge in [-0.15, -0.1) is 11.3 Å². The molecule has 4 amide bonds. The number of nitrogens with two attached hydrogens (primary N) is 1. The number of thiazole rings is 1. The van der Waals surface area contributed by atoms with Gasteiger partial charge in [-0.05, 0) is 11.5 Å². The summed E-state index contributed by atoms with van der Waals surface area (Å²) in [5.41, 5.74) is 6.61. The quantitative estimate of drug-likeness (QED) is 0.256. The summed E-state index contributed by atoms with van der Waals surface area (Å²) >= 11 is 1.24. The van der Waals surface area contributed by atoms with E-state index in [1.165, 1.54) is 28.8 Å². The summed E-state index contributed by atoms with van der Waals surface area (Å²) in [7, 11) is 0. The molecule has 5 N–H and O–H groups in total. The van der Waals surface area contributed by atoms with Gasteiger partial charge < -0.3 is 35.4 Å². The van der Waals surface area contributed by atoms with Gasteiger partial charge in [0.25, 0.3) is 17.7 Å². The van der Waals surface area contributed by atoms with E-state index >= 15 is 0 Å². The molecule has 0 aliphatic carbocycles. The lowest BCUT2D eigenvalue weighted by atomic mass is 10.0. The minimum Gasteiger partial charge on any atom is -0.447 e. The molecule has 0 fully saturated rings. The number of nitrogens with one attached hydrogen (secondary N) is 3. The second-order valence-corrected chi connectivity index (χ2v) is 11.3. The second kappa shape index (κ2) is 13.6. The van der Waals surface area contributed by atoms with Crippen LogP contribution in [0.4, 0.5) is 0 Å². The average Bonchev–Trinajstić information content (AvgIpc) is 3.80. The first-order valence-corrected chi connectivity index (χ1v) is 14.9. The molecule has 1 aliphatic heterocycles. The van der Waals surface area contributed by atoms with E-state index in [0.717, 1.165) is 5.56 Å². The molecule has 0 saturated carbocycles. The summed E-state index contributed by atoms with van der Waals surface area (Å²) in [6.07, 6.45) is 2.73. The smallest absolute Gasteiger partial charge is 0.276 e. The lowest BCUT2D eigenvalue weighted by Crippen LogP contribution is -2.45. The van der Waals surface area contributed by atoms with Crippen molar-refractivity contribution >= 4 is 35.0 Å². The molecule has 44 heavy (non-hydrogen) atoms. The lowest BCUT2D eigenvalue weighted by molar-refractivity contribution is -0.122. The molecule has 1 aliphatic rings. The van der Waals surface area contributed by atoms with Crippen LogP contribution in [0.1, 0.15) is 79.7 Å². The third-order valence-electron chi connectivity index (χ3n) is 6.88. The van der Waals surface area contributed by atoms with Crippen molar-refractivity contribution in [3.63, 3.8) is 0 Å². The normalized spacial score (nSPS) is 18.3. The van der Waals surface area contributed by atoms with Crippen LogP contribution in [0.2, 0.25) is 0 Å². The molecule has 4 aromatic rings. The molecule has 1 aromatic carbocycles. The summed E-state index contributed by atoms with van der Waals surface area (Å²) in [4.78, 5) is 67.1. The van der Waals surface area contributed by atoms with Gasteiger partial charge in [0, 0.05) is 24.9 Å². The van der Waals surface area contributed by atoms with Gasteiger partial charge in [-0.3, -0.25) is 19.2 Å². The summed E-state index contributed by atoms with van der Waals surface area (Å²) in [5, 5.41) is 10.7. The fourth-order valence-electron chi connectivity index (χ4n) is 4.59. The monoisotopic (exact) mass is 620 g/mol. The van der Waals surface area contributed by atoms with Crippen molar-refractivity contribution < 1.29 is 28.0 Å². The number of benzene rings is 1. The van der Waals surface area contributed by atoms with Crippen LogP contribution in [0, 0.1) is 5.92 Å². The fourth-order valence-corrected chi connectivity index (χ4v) is 5.61. The Bertz CT molecular complexity index is 1630. The number of carbonyl (C=O) groups excluding carboxylic acids is 4. The summed E-state index contributed by atoms with van der Waals surface area (Å²) in [5.74, 6) is -1.83. The van der Waals surface area contributed by atoms with Gasteiger partial charge in [0.1, 0.15) is 29.3 Å². The van der Waals surface area contributed by atoms with Crippen molar-refractivity contribution in [1.29, 1.82) is 0 Å². The first-order chi connectivity index (χ1) is 21.2. The Hall–Kier alpha value is -4.89. The molecule has 14 nitrogen and oxygen atoms in total. The maximum atomic E-state index is 13.4. The molecular weight excluding hydrogens is 588 g/mol. The molecule has 0 spiro atoms. The Morgan fingerprint density at radius 1 is 1.05 bits per heavy atom. The van der Waals surface area contributed by atoms with Gasteiger partial charge in [-0.2, -0.15) is 0 Å². The standard InChI is InChI=1S/C29H32N8O6S/c1-16(2)24-28-35-21(15-44-28)26(40)33-18(10-17-6-4-3-5-7-17)27-34-19(13-43-27)25(39)31-8-9-37(12-22(38)36-24)29(41)20-14-42-23(11-30)32-20/h3-7,13-16,18,24H,8-12,30H2,1-2H3,(H,31,39)(H,33,40)(H,36,38)/t18-,24-/m0/s1. The van der Waals surface area contributed by atoms with E-state index in [-0.39, 0.29) is 61.0 Å². The van der Waals surface area contributed by atoms with Crippen LogP contribution in [0.15, 0.2) is 57.1 Å². The summed E-state index contributed by atoms with van der Waals surface area (Å²) in [6.45, 7) is 3.46. The van der Waals surface area contributed by atoms with Crippen molar-refractivity contribution in [1.82, 2.24) is 35.8 Å². The first-order valence-electron chi connectivity index (χ1n) is 14.0. The molecule has 2 atom stereocenters. The Morgan fingerprint density at radius 3 is 2.57 bits per heavy atom. The van der Waals surface area contributed by atoms with Crippen LogP contribution >= 0.6 is 11.3 Å². The zero-order valence-electron chi connectivity index (χ0n) is 24.1. The Morgan fingerprint density at radius 2 is 1.84 bits per heavy atom. The van der Waals surface area contributed by atoms with Gasteiger partial charge in [-0.25, -0.2) is 15.0 Å². The van der Waals surface area contributed by atoms with Crippen molar-refractivity contribution in [3.8, 4) is 0 Å². The van der Waals surface area contributed by atoms with E-state index in [1.54, 1.807) is 5.38 Å². The topological polar surface area (TPSA) is 199 Å². The molecule has 0 saturated heterocycles. The molecule has 4 bridgehead atoms. The minimum absolute atomic E-state index is 0.000386. The first kappa shape index (κ1) is 30.6. The van der Waals surface area contributed by atoms with Gasteiger partial charge in [0.05, 0.1) is 19.1 Å². The maximum Gasteiger partial charge on any atom is 0.276 e. The Kier molecular flexibility index (Phi) is 9.45. The minimum atomic E-state index is -0.704. The van der Waals surface area contributed by atoms with Gasteiger partial charge in [0.15, 0.2) is 11.4 Å². The Labute approximate surface area is 256 Å². The summed E-state index contributed by atoms with van der Waals surface area (Å²) in [6, 6.07) is 8.24. The predicted molar refractivity (Wildman–Crippen MR) is 157 cm³/mol. The summed E-state index contributed by atoms with van der Waals surface area (Å²) < 4.78 is 10.9. The van der Waals surface area contributed by atoms with Gasteiger partial charge in [0.2, 0.25) is 17.7 Å². The second-order valence-electron chi connectivity index (χ2n) is 10.5. The van der Waals surface area contributed by atoms with Crippen LogP contribution in [-0.4, -0.2) is 63.1 Å². The number of aromatic nitrogens is 3. The van der Waals surface area contributed by atoms with E-state index < -0.39 is 35.7 Å². The van der Waals surface area contributed by atoms with Crippen LogP contribution < -0.4 is 21.7 Å². The number of hydrogen-bond donors (Lipinski definition) is 4. The molecule has 15 heteroatoms. The number of hydrogen-bond acceptors (Lipinski definition) is 11. The number of nitrogens with zero attached hydrogens (tertiary/aromatic N) is 4. The third-order valence-corrected chi connectivity index (χ3v) is 7.81. The van der Waals surface area contributed by atoms with Crippen molar-refractivity contribution in [3.05, 3.63) is 87.7 Å². The molecule has 3 aromatic heterocycles. The lowest BCUT2D eigenvalue weighted by Gasteiger charge is -2.25. The highest BCUT2D eigenvalue weighted by Crippen LogP contribution is 2.26. The van der Waals surface area contributed by atoms with E-state index in [9.17, 15) is 19.2 Å². The number of amides is 4. The predicted octanol–water partition coefficient (Wildman–Crippen LogP) is 1.99. The fraction of sp³-hybridized carbons (Fsp3) is 0.345. The van der Waals surface area contributed by atoms with E-state index in [4.69, 9.17) is 14.6 Å². The molecule has 4 heterocycles. The van der Waals surface area contributed by atoms with Crippen molar-refractivity contribution in [2.75, 3.05) is 19.6 Å². The molecule has 230 valence electrons. The zero-order valence-corrected chi connectivity index (χ0v) is 24.9. The van der Waals surface area contributed by atoms with Gasteiger partial charge in [-0.1, -0.05) is 44.2 Å². The van der Waals surface area contributed by atoms with E-state index in [2.05, 4.69) is 30.9 Å². The highest BCUT2D eigenvalue weighted by Gasteiger charge is 2.29. The number of fused-ring (bicyclic) bond motifs is 4. The SMILES string of the molecule is CC(C)[C@@H]1NC(=O)CN(C(=O)c2coc(CN)n2)CCNC(=O)c2coc(n2)[C@H](Cc2ccccc2)NC(=O)c2csc1n2. The number of carbonyl (C=O) groups is 4. The molecular formula is C29H32N8O6S.